The second-order valence-electron chi connectivity index (χ2n) is 4.26. The molecule has 0 spiro atoms. The molecule has 2 aromatic rings. The van der Waals surface area contributed by atoms with Gasteiger partial charge in [0, 0.05) is 16.9 Å². The molecule has 0 bridgehead atoms. The van der Waals surface area contributed by atoms with E-state index in [4.69, 9.17) is 10.5 Å². The number of nitrogens with two attached hydrogens (primary N) is 1. The number of carbonyl (C=O) groups excluding carboxylic acids is 1. The van der Waals surface area contributed by atoms with Crippen molar-refractivity contribution in [3.63, 3.8) is 0 Å². The van der Waals surface area contributed by atoms with Crippen LogP contribution in [0.25, 0.3) is 0 Å². The predicted octanol–water partition coefficient (Wildman–Crippen LogP) is 2.84. The predicted molar refractivity (Wildman–Crippen MR) is 76.5 cm³/mol. The van der Waals surface area contributed by atoms with Gasteiger partial charge in [0.15, 0.2) is 0 Å². The van der Waals surface area contributed by atoms with Crippen LogP contribution in [-0.2, 0) is 0 Å². The summed E-state index contributed by atoms with van der Waals surface area (Å²) >= 11 is 0. The Hall–Kier alpha value is -2.49. The van der Waals surface area contributed by atoms with Gasteiger partial charge in [0.1, 0.15) is 5.75 Å². The van der Waals surface area contributed by atoms with Crippen LogP contribution in [0.3, 0.4) is 0 Å². The van der Waals surface area contributed by atoms with E-state index < -0.39 is 0 Å². The van der Waals surface area contributed by atoms with E-state index in [2.05, 4.69) is 5.32 Å². The number of anilines is 2. The molecule has 0 radical (unpaired) electrons. The molecule has 0 unspecified atom stereocenters. The number of benzene rings is 2. The molecule has 19 heavy (non-hydrogen) atoms. The Morgan fingerprint density at radius 3 is 2.42 bits per heavy atom. The van der Waals surface area contributed by atoms with E-state index in [1.165, 1.54) is 0 Å². The van der Waals surface area contributed by atoms with Crippen LogP contribution in [-0.4, -0.2) is 13.0 Å². The summed E-state index contributed by atoms with van der Waals surface area (Å²) in [6.45, 7) is 1.90. The summed E-state index contributed by atoms with van der Waals surface area (Å²) in [6.07, 6.45) is 0. The molecule has 2 aromatic carbocycles. The van der Waals surface area contributed by atoms with Crippen LogP contribution in [0.15, 0.2) is 42.5 Å². The van der Waals surface area contributed by atoms with Crippen LogP contribution in [0.2, 0.25) is 0 Å². The Kier molecular flexibility index (Phi) is 3.71. The standard InChI is InChI=1S/C15H16N2O2/c1-10-9-12(16)5-8-14(10)17-15(18)11-3-6-13(19-2)7-4-11/h3-9H,16H2,1-2H3,(H,17,18). The summed E-state index contributed by atoms with van der Waals surface area (Å²) in [5.74, 6) is 0.565. The average molecular weight is 256 g/mol. The number of nitrogens with one attached hydrogen (secondary N) is 1. The molecular weight excluding hydrogens is 240 g/mol. The first kappa shape index (κ1) is 13.0. The highest BCUT2D eigenvalue weighted by Gasteiger charge is 2.07. The zero-order valence-corrected chi connectivity index (χ0v) is 10.9. The van der Waals surface area contributed by atoms with Crippen molar-refractivity contribution in [2.24, 2.45) is 0 Å². The Labute approximate surface area is 112 Å². The SMILES string of the molecule is COc1ccc(C(=O)Nc2ccc(N)cc2C)cc1. The summed E-state index contributed by atoms with van der Waals surface area (Å²) in [7, 11) is 1.59. The van der Waals surface area contributed by atoms with Crippen molar-refractivity contribution in [3.05, 3.63) is 53.6 Å². The highest BCUT2D eigenvalue weighted by molar-refractivity contribution is 6.04. The Morgan fingerprint density at radius 1 is 1.16 bits per heavy atom. The van der Waals surface area contributed by atoms with Crippen LogP contribution in [0.4, 0.5) is 11.4 Å². The van der Waals surface area contributed by atoms with Crippen molar-refractivity contribution < 1.29 is 9.53 Å². The largest absolute Gasteiger partial charge is 0.497 e. The molecule has 0 heterocycles. The molecule has 3 N–H and O–H groups in total. The number of carbonyl (C=O) groups is 1. The van der Waals surface area contributed by atoms with Gasteiger partial charge in [-0.25, -0.2) is 0 Å². The zero-order valence-electron chi connectivity index (χ0n) is 10.9. The van der Waals surface area contributed by atoms with E-state index in [-0.39, 0.29) is 5.91 Å². The van der Waals surface area contributed by atoms with E-state index in [9.17, 15) is 4.79 Å². The lowest BCUT2D eigenvalue weighted by molar-refractivity contribution is 0.102. The third-order valence-corrected chi connectivity index (χ3v) is 2.85. The number of hydrogen-bond donors (Lipinski definition) is 2. The maximum Gasteiger partial charge on any atom is 0.255 e. The normalized spacial score (nSPS) is 10.0. The molecule has 98 valence electrons. The van der Waals surface area contributed by atoms with Crippen molar-refractivity contribution in [1.29, 1.82) is 0 Å². The van der Waals surface area contributed by atoms with Gasteiger partial charge in [0.05, 0.1) is 7.11 Å². The number of hydrogen-bond acceptors (Lipinski definition) is 3. The van der Waals surface area contributed by atoms with Gasteiger partial charge in [-0.2, -0.15) is 0 Å². The molecule has 0 aliphatic heterocycles. The first-order chi connectivity index (χ1) is 9.10. The van der Waals surface area contributed by atoms with Crippen LogP contribution >= 0.6 is 0 Å². The van der Waals surface area contributed by atoms with E-state index in [0.717, 1.165) is 17.0 Å². The maximum atomic E-state index is 12.1. The number of nitrogen functional groups attached to an aromatic ring is 1. The number of rotatable bonds is 3. The molecule has 1 amide bonds. The van der Waals surface area contributed by atoms with Crippen molar-refractivity contribution in [2.45, 2.75) is 6.92 Å². The molecule has 0 aromatic heterocycles. The van der Waals surface area contributed by atoms with Gasteiger partial charge in [0.25, 0.3) is 5.91 Å². The van der Waals surface area contributed by atoms with E-state index in [1.54, 1.807) is 43.5 Å². The molecule has 0 aliphatic rings. The van der Waals surface area contributed by atoms with Gasteiger partial charge < -0.3 is 15.8 Å². The Morgan fingerprint density at radius 2 is 1.84 bits per heavy atom. The highest BCUT2D eigenvalue weighted by Crippen LogP contribution is 2.19. The van der Waals surface area contributed by atoms with Gasteiger partial charge in [-0.15, -0.1) is 0 Å². The smallest absolute Gasteiger partial charge is 0.255 e. The number of ether oxygens (including phenoxy) is 1. The quantitative estimate of drug-likeness (QED) is 0.830. The molecule has 0 aliphatic carbocycles. The number of methoxy groups -OCH3 is 1. The molecular formula is C15H16N2O2. The molecule has 2 rings (SSSR count). The van der Waals surface area contributed by atoms with Gasteiger partial charge in [0.2, 0.25) is 0 Å². The first-order valence-corrected chi connectivity index (χ1v) is 5.91. The van der Waals surface area contributed by atoms with Gasteiger partial charge in [-0.05, 0) is 55.0 Å². The van der Waals surface area contributed by atoms with Crippen molar-refractivity contribution in [1.82, 2.24) is 0 Å². The van der Waals surface area contributed by atoms with Gasteiger partial charge in [-0.3, -0.25) is 4.79 Å². The Balaban J connectivity index is 2.15. The van der Waals surface area contributed by atoms with Crippen LogP contribution in [0.5, 0.6) is 5.75 Å². The lowest BCUT2D eigenvalue weighted by Gasteiger charge is -2.09. The van der Waals surface area contributed by atoms with Crippen molar-refractivity contribution in [3.8, 4) is 5.75 Å². The lowest BCUT2D eigenvalue weighted by Crippen LogP contribution is -2.12. The highest BCUT2D eigenvalue weighted by atomic mass is 16.5. The third-order valence-electron chi connectivity index (χ3n) is 2.85. The molecule has 0 fully saturated rings. The summed E-state index contributed by atoms with van der Waals surface area (Å²) in [6, 6.07) is 12.3. The Bertz CT molecular complexity index is 592. The van der Waals surface area contributed by atoms with E-state index >= 15 is 0 Å². The minimum absolute atomic E-state index is 0.157. The molecule has 0 saturated heterocycles. The monoisotopic (exact) mass is 256 g/mol. The van der Waals surface area contributed by atoms with Crippen LogP contribution in [0, 0.1) is 6.92 Å². The minimum Gasteiger partial charge on any atom is -0.497 e. The van der Waals surface area contributed by atoms with E-state index in [1.807, 2.05) is 13.0 Å². The second-order valence-corrected chi connectivity index (χ2v) is 4.26. The first-order valence-electron chi connectivity index (χ1n) is 5.91. The summed E-state index contributed by atoms with van der Waals surface area (Å²) in [5.41, 5.74) is 8.63. The average Bonchev–Trinajstić information content (AvgIpc) is 2.42. The van der Waals surface area contributed by atoms with Crippen molar-refractivity contribution in [2.75, 3.05) is 18.2 Å². The van der Waals surface area contributed by atoms with E-state index in [0.29, 0.717) is 11.3 Å². The summed E-state index contributed by atoms with van der Waals surface area (Å²) in [5, 5.41) is 2.86. The fraction of sp³-hybridized carbons (Fsp3) is 0.133. The second kappa shape index (κ2) is 5.44. The zero-order chi connectivity index (χ0) is 13.8. The van der Waals surface area contributed by atoms with Crippen LogP contribution < -0.4 is 15.8 Å². The van der Waals surface area contributed by atoms with Crippen LogP contribution in [0.1, 0.15) is 15.9 Å². The summed E-state index contributed by atoms with van der Waals surface area (Å²) < 4.78 is 5.05. The number of aryl methyl sites for hydroxylation is 1. The summed E-state index contributed by atoms with van der Waals surface area (Å²) in [4.78, 5) is 12.1. The molecule has 0 atom stereocenters. The van der Waals surface area contributed by atoms with Gasteiger partial charge in [-0.1, -0.05) is 0 Å². The lowest BCUT2D eigenvalue weighted by atomic mass is 10.1. The fourth-order valence-corrected chi connectivity index (χ4v) is 1.76. The molecule has 4 nitrogen and oxygen atoms in total. The molecule has 4 heteroatoms. The minimum atomic E-state index is -0.157. The number of amides is 1. The topological polar surface area (TPSA) is 64.3 Å². The fourth-order valence-electron chi connectivity index (χ4n) is 1.76. The molecule has 0 saturated carbocycles. The third kappa shape index (κ3) is 3.04. The maximum absolute atomic E-state index is 12.1. The van der Waals surface area contributed by atoms with Gasteiger partial charge >= 0.3 is 0 Å². The van der Waals surface area contributed by atoms with Crippen molar-refractivity contribution >= 4 is 17.3 Å².